The molecule has 0 radical (unpaired) electrons. The molecule has 1 aromatic carbocycles. The predicted octanol–water partition coefficient (Wildman–Crippen LogP) is 1.71. The zero-order chi connectivity index (χ0) is 15.4. The second kappa shape index (κ2) is 7.02. The highest BCUT2D eigenvalue weighted by atomic mass is 79.9. The fraction of sp³-hybridized carbons (Fsp3) is 0.429. The maximum absolute atomic E-state index is 12.4. The Morgan fingerprint density at radius 1 is 1.43 bits per heavy atom. The van der Waals surface area contributed by atoms with Crippen LogP contribution in [-0.2, 0) is 9.53 Å². The minimum absolute atomic E-state index is 0.0502. The second-order valence-corrected chi connectivity index (χ2v) is 5.62. The first-order chi connectivity index (χ1) is 10.0. The molecular formula is C14H17BrN2O4. The Bertz CT molecular complexity index is 550. The molecule has 0 spiro atoms. The van der Waals surface area contributed by atoms with Gasteiger partial charge < -0.3 is 20.5 Å². The topological polar surface area (TPSA) is 87.7 Å². The van der Waals surface area contributed by atoms with E-state index >= 15 is 0 Å². The number of nitrogens with one attached hydrogen (secondary N) is 2. The summed E-state index contributed by atoms with van der Waals surface area (Å²) in [5, 5.41) is 15.1. The summed E-state index contributed by atoms with van der Waals surface area (Å²) < 4.78 is 5.87. The molecule has 2 atom stereocenters. The van der Waals surface area contributed by atoms with E-state index in [0.29, 0.717) is 17.7 Å². The Kier molecular flexibility index (Phi) is 5.33. The van der Waals surface area contributed by atoms with Crippen LogP contribution in [0.3, 0.4) is 0 Å². The minimum atomic E-state index is -1.09. The molecule has 1 saturated heterocycles. The van der Waals surface area contributed by atoms with Crippen LogP contribution in [0.5, 0.6) is 0 Å². The van der Waals surface area contributed by atoms with Crippen molar-refractivity contribution in [2.24, 2.45) is 5.92 Å². The van der Waals surface area contributed by atoms with Gasteiger partial charge in [0, 0.05) is 10.5 Å². The lowest BCUT2D eigenvalue weighted by atomic mass is 10.0. The highest BCUT2D eigenvalue weighted by Crippen LogP contribution is 2.28. The number of halogens is 1. The van der Waals surface area contributed by atoms with Gasteiger partial charge in [-0.25, -0.2) is 4.79 Å². The summed E-state index contributed by atoms with van der Waals surface area (Å²) in [6.45, 7) is 3.51. The van der Waals surface area contributed by atoms with Crippen molar-refractivity contribution in [1.82, 2.24) is 5.32 Å². The number of carbonyl (C=O) groups is 2. The van der Waals surface area contributed by atoms with Crippen molar-refractivity contribution in [1.29, 1.82) is 0 Å². The van der Waals surface area contributed by atoms with Crippen LogP contribution in [0.15, 0.2) is 22.7 Å². The average Bonchev–Trinajstić information content (AvgIpc) is 2.89. The van der Waals surface area contributed by atoms with Gasteiger partial charge in [-0.1, -0.05) is 13.0 Å². The van der Waals surface area contributed by atoms with Crippen LogP contribution in [-0.4, -0.2) is 42.8 Å². The van der Waals surface area contributed by atoms with E-state index in [9.17, 15) is 14.7 Å². The van der Waals surface area contributed by atoms with E-state index in [4.69, 9.17) is 4.74 Å². The molecule has 1 amide bonds. The number of carboxylic acids is 1. The highest BCUT2D eigenvalue weighted by molar-refractivity contribution is 9.10. The Morgan fingerprint density at radius 3 is 2.86 bits per heavy atom. The molecule has 1 aromatic rings. The Hall–Kier alpha value is -1.44. The lowest BCUT2D eigenvalue weighted by Crippen LogP contribution is -2.41. The molecule has 3 N–H and O–H groups in total. The van der Waals surface area contributed by atoms with Gasteiger partial charge >= 0.3 is 5.97 Å². The molecule has 7 heteroatoms. The van der Waals surface area contributed by atoms with Crippen molar-refractivity contribution in [3.63, 3.8) is 0 Å². The number of carbonyl (C=O) groups excluding carboxylic acids is 1. The predicted molar refractivity (Wildman–Crippen MR) is 81.5 cm³/mol. The number of para-hydroxylation sites is 1. The fourth-order valence-corrected chi connectivity index (χ4v) is 2.79. The van der Waals surface area contributed by atoms with Crippen LogP contribution in [0.1, 0.15) is 17.3 Å². The number of ether oxygens (including phenoxy) is 1. The van der Waals surface area contributed by atoms with Gasteiger partial charge in [0.1, 0.15) is 0 Å². The molecule has 114 valence electrons. The number of rotatable bonds is 5. The lowest BCUT2D eigenvalue weighted by Gasteiger charge is -2.19. The third-order valence-electron chi connectivity index (χ3n) is 3.38. The lowest BCUT2D eigenvalue weighted by molar-refractivity contribution is -0.120. The summed E-state index contributed by atoms with van der Waals surface area (Å²) in [5.74, 6) is -1.66. The van der Waals surface area contributed by atoms with Gasteiger partial charge in [-0.05, 0) is 34.6 Å². The monoisotopic (exact) mass is 356 g/mol. The Labute approximate surface area is 131 Å². The number of benzene rings is 1. The number of carboxylic acid groups (broad SMARTS) is 1. The van der Waals surface area contributed by atoms with Gasteiger partial charge in [0.2, 0.25) is 5.91 Å². The van der Waals surface area contributed by atoms with E-state index in [1.54, 1.807) is 12.1 Å². The first-order valence-electron chi connectivity index (χ1n) is 6.68. The summed E-state index contributed by atoms with van der Waals surface area (Å²) in [7, 11) is 0. The maximum Gasteiger partial charge on any atom is 0.337 e. The molecule has 1 heterocycles. The van der Waals surface area contributed by atoms with Gasteiger partial charge in [-0.3, -0.25) is 4.79 Å². The van der Waals surface area contributed by atoms with E-state index in [1.165, 1.54) is 6.07 Å². The molecule has 1 fully saturated rings. The number of anilines is 1. The largest absolute Gasteiger partial charge is 0.478 e. The molecule has 6 nitrogen and oxygen atoms in total. The zero-order valence-corrected chi connectivity index (χ0v) is 13.1. The third kappa shape index (κ3) is 3.61. The van der Waals surface area contributed by atoms with Gasteiger partial charge in [0.05, 0.1) is 30.4 Å². The molecule has 1 aliphatic heterocycles. The van der Waals surface area contributed by atoms with Crippen molar-refractivity contribution in [2.45, 2.75) is 13.0 Å². The standard InChI is InChI=1S/C14H17BrN2O4/c1-2-16-11-7-21-6-9(11)13(18)17-12-8(14(19)20)4-3-5-10(12)15/h3-5,9,11,16H,2,6-7H2,1H3,(H,17,18)(H,19,20). The summed E-state index contributed by atoms with van der Waals surface area (Å²) in [4.78, 5) is 23.6. The van der Waals surface area contributed by atoms with Crippen molar-refractivity contribution in [3.05, 3.63) is 28.2 Å². The van der Waals surface area contributed by atoms with Gasteiger partial charge in [-0.2, -0.15) is 0 Å². The fourth-order valence-electron chi connectivity index (χ4n) is 2.32. The van der Waals surface area contributed by atoms with Gasteiger partial charge in [0.15, 0.2) is 0 Å². The smallest absolute Gasteiger partial charge is 0.337 e. The molecule has 1 aliphatic rings. The molecule has 0 bridgehead atoms. The van der Waals surface area contributed by atoms with E-state index in [2.05, 4.69) is 26.6 Å². The molecule has 0 aliphatic carbocycles. The Balaban J connectivity index is 2.18. The molecular weight excluding hydrogens is 340 g/mol. The van der Waals surface area contributed by atoms with E-state index in [1.807, 2.05) is 6.92 Å². The van der Waals surface area contributed by atoms with Gasteiger partial charge in [-0.15, -0.1) is 0 Å². The Morgan fingerprint density at radius 2 is 2.19 bits per heavy atom. The number of hydrogen-bond donors (Lipinski definition) is 3. The molecule has 21 heavy (non-hydrogen) atoms. The summed E-state index contributed by atoms with van der Waals surface area (Å²) >= 11 is 3.27. The van der Waals surface area contributed by atoms with Crippen LogP contribution in [0, 0.1) is 5.92 Å². The van der Waals surface area contributed by atoms with Crippen LogP contribution in [0.2, 0.25) is 0 Å². The summed E-state index contributed by atoms with van der Waals surface area (Å²) in [6.07, 6.45) is 0. The summed E-state index contributed by atoms with van der Waals surface area (Å²) in [5.41, 5.74) is 0.328. The molecule has 0 aromatic heterocycles. The normalized spacial score (nSPS) is 21.2. The number of likely N-dealkylation sites (N-methyl/N-ethyl adjacent to an activating group) is 1. The molecule has 0 saturated carbocycles. The third-order valence-corrected chi connectivity index (χ3v) is 4.04. The van der Waals surface area contributed by atoms with E-state index in [0.717, 1.165) is 6.54 Å². The SMILES string of the molecule is CCNC1COCC1C(=O)Nc1c(Br)cccc1C(=O)O. The van der Waals surface area contributed by atoms with Crippen LogP contribution < -0.4 is 10.6 Å². The van der Waals surface area contributed by atoms with Crippen LogP contribution >= 0.6 is 15.9 Å². The van der Waals surface area contributed by atoms with Crippen LogP contribution in [0.25, 0.3) is 0 Å². The molecule has 2 unspecified atom stereocenters. The molecule has 2 rings (SSSR count). The van der Waals surface area contributed by atoms with Crippen molar-refractivity contribution in [2.75, 3.05) is 25.1 Å². The number of aromatic carboxylic acids is 1. The zero-order valence-electron chi connectivity index (χ0n) is 11.6. The number of amides is 1. The van der Waals surface area contributed by atoms with Crippen LogP contribution in [0.4, 0.5) is 5.69 Å². The maximum atomic E-state index is 12.4. The van der Waals surface area contributed by atoms with Crippen molar-refractivity contribution in [3.8, 4) is 0 Å². The first-order valence-corrected chi connectivity index (χ1v) is 7.47. The second-order valence-electron chi connectivity index (χ2n) is 4.76. The number of hydrogen-bond acceptors (Lipinski definition) is 4. The van der Waals surface area contributed by atoms with Crippen molar-refractivity contribution < 1.29 is 19.4 Å². The van der Waals surface area contributed by atoms with Crippen molar-refractivity contribution >= 4 is 33.5 Å². The summed E-state index contributed by atoms with van der Waals surface area (Å²) in [6, 6.07) is 4.71. The van der Waals surface area contributed by atoms with E-state index in [-0.39, 0.29) is 29.1 Å². The van der Waals surface area contributed by atoms with E-state index < -0.39 is 5.97 Å². The van der Waals surface area contributed by atoms with Gasteiger partial charge in [0.25, 0.3) is 0 Å². The average molecular weight is 357 g/mol. The first kappa shape index (κ1) is 15.9. The quantitative estimate of drug-likeness (QED) is 0.747. The minimum Gasteiger partial charge on any atom is -0.478 e. The highest BCUT2D eigenvalue weighted by Gasteiger charge is 2.34.